The molecule has 4 nitrogen and oxygen atoms in total. The fraction of sp³-hybridized carbons (Fsp3) is 0.267. The average Bonchev–Trinajstić information content (AvgIpc) is 2.39. The third-order valence-corrected chi connectivity index (χ3v) is 3.39. The molecule has 0 aromatic carbocycles. The Morgan fingerprint density at radius 3 is 2.79 bits per heavy atom. The van der Waals surface area contributed by atoms with Gasteiger partial charge in [0.05, 0.1) is 0 Å². The lowest BCUT2D eigenvalue weighted by Gasteiger charge is -2.12. The molecule has 0 fully saturated rings. The number of aromatic nitrogens is 3. The van der Waals surface area contributed by atoms with Gasteiger partial charge in [0.15, 0.2) is 0 Å². The van der Waals surface area contributed by atoms with Crippen molar-refractivity contribution < 1.29 is 0 Å². The van der Waals surface area contributed by atoms with Crippen LogP contribution < -0.4 is 5.56 Å². The van der Waals surface area contributed by atoms with E-state index in [4.69, 9.17) is 0 Å². The summed E-state index contributed by atoms with van der Waals surface area (Å²) in [5, 5.41) is 0.861. The van der Waals surface area contributed by atoms with Gasteiger partial charge in [0.25, 0.3) is 5.56 Å². The molecule has 2 heterocycles. The summed E-state index contributed by atoms with van der Waals surface area (Å²) in [5.74, 6) is 0.656. The van der Waals surface area contributed by atoms with Crippen LogP contribution in [0.1, 0.15) is 31.2 Å². The summed E-state index contributed by atoms with van der Waals surface area (Å²) in [7, 11) is 0. The first-order chi connectivity index (χ1) is 9.15. The summed E-state index contributed by atoms with van der Waals surface area (Å²) in [5.41, 5.74) is 3.39. The normalized spacial score (nSPS) is 15.3. The van der Waals surface area contributed by atoms with Gasteiger partial charge in [0, 0.05) is 17.1 Å². The predicted molar refractivity (Wildman–Crippen MR) is 75.9 cm³/mol. The number of H-pyrrole nitrogens is 1. The highest BCUT2D eigenvalue weighted by Gasteiger charge is 2.12. The number of rotatable bonds is 1. The maximum absolute atomic E-state index is 12.2. The highest BCUT2D eigenvalue weighted by Crippen LogP contribution is 2.26. The number of aryl methyl sites for hydroxylation is 1. The standard InChI is InChI=1S/C15H15N3O/c1-9-5-3-4-6-12(9)13-7-11-8-16-10(2)17-14(11)18-15(13)19/h5-8H,3-4H2,1-2H3,(H,16,17,18,19). The first-order valence-electron chi connectivity index (χ1n) is 6.39. The van der Waals surface area contributed by atoms with Crippen LogP contribution in [0.15, 0.2) is 34.8 Å². The second-order valence-corrected chi connectivity index (χ2v) is 4.82. The largest absolute Gasteiger partial charge is 0.306 e. The van der Waals surface area contributed by atoms with E-state index in [0.29, 0.717) is 17.0 Å². The van der Waals surface area contributed by atoms with Gasteiger partial charge in [0.2, 0.25) is 0 Å². The Kier molecular flexibility index (Phi) is 2.78. The smallest absolute Gasteiger partial charge is 0.257 e. The number of nitrogens with one attached hydrogen (secondary N) is 1. The fourth-order valence-corrected chi connectivity index (χ4v) is 2.40. The second-order valence-electron chi connectivity index (χ2n) is 4.82. The monoisotopic (exact) mass is 253 g/mol. The second kappa shape index (κ2) is 4.46. The molecule has 1 aliphatic carbocycles. The Balaban J connectivity index is 2.23. The first kappa shape index (κ1) is 11.8. The topological polar surface area (TPSA) is 58.6 Å². The number of allylic oxidation sites excluding steroid dienone is 4. The molecule has 96 valence electrons. The Bertz CT molecular complexity index is 769. The highest BCUT2D eigenvalue weighted by molar-refractivity contribution is 5.84. The van der Waals surface area contributed by atoms with Gasteiger partial charge >= 0.3 is 0 Å². The molecule has 4 heteroatoms. The van der Waals surface area contributed by atoms with E-state index in [1.54, 1.807) is 6.20 Å². The molecule has 0 amide bonds. The zero-order chi connectivity index (χ0) is 13.4. The predicted octanol–water partition coefficient (Wildman–Crippen LogP) is 2.75. The number of nitrogens with zero attached hydrogens (tertiary/aromatic N) is 2. The van der Waals surface area contributed by atoms with E-state index in [1.807, 2.05) is 19.9 Å². The maximum atomic E-state index is 12.2. The van der Waals surface area contributed by atoms with Crippen molar-refractivity contribution in [2.45, 2.75) is 26.7 Å². The van der Waals surface area contributed by atoms with Gasteiger partial charge in [-0.15, -0.1) is 0 Å². The summed E-state index contributed by atoms with van der Waals surface area (Å²) in [6, 6.07) is 1.88. The summed E-state index contributed by atoms with van der Waals surface area (Å²) < 4.78 is 0. The number of aromatic amines is 1. The number of hydrogen-bond donors (Lipinski definition) is 1. The fourth-order valence-electron chi connectivity index (χ4n) is 2.40. The van der Waals surface area contributed by atoms with Crippen molar-refractivity contribution in [1.82, 2.24) is 15.0 Å². The van der Waals surface area contributed by atoms with Crippen molar-refractivity contribution in [1.29, 1.82) is 0 Å². The summed E-state index contributed by atoms with van der Waals surface area (Å²) in [6.45, 7) is 3.85. The quantitative estimate of drug-likeness (QED) is 0.850. The molecule has 0 radical (unpaired) electrons. The van der Waals surface area contributed by atoms with E-state index in [2.05, 4.69) is 27.1 Å². The van der Waals surface area contributed by atoms with Crippen LogP contribution in [0.5, 0.6) is 0 Å². The van der Waals surface area contributed by atoms with Crippen LogP contribution in [0.3, 0.4) is 0 Å². The molecule has 3 rings (SSSR count). The van der Waals surface area contributed by atoms with Crippen LogP contribution >= 0.6 is 0 Å². The first-order valence-corrected chi connectivity index (χ1v) is 6.39. The molecular formula is C15H15N3O. The number of hydrogen-bond acceptors (Lipinski definition) is 3. The molecule has 19 heavy (non-hydrogen) atoms. The zero-order valence-corrected chi connectivity index (χ0v) is 11.0. The SMILES string of the molecule is CC1=CCCC=C1c1cc2cnc(C)nc2[nH]c1=O. The molecule has 2 aromatic rings. The third-order valence-electron chi connectivity index (χ3n) is 3.39. The molecule has 2 aromatic heterocycles. The molecule has 0 unspecified atom stereocenters. The minimum atomic E-state index is -0.0912. The van der Waals surface area contributed by atoms with Crippen molar-refractivity contribution in [3.05, 3.63) is 51.7 Å². The Labute approximate surface area is 110 Å². The Hall–Kier alpha value is -2.23. The van der Waals surface area contributed by atoms with E-state index >= 15 is 0 Å². The average molecular weight is 253 g/mol. The van der Waals surface area contributed by atoms with Gasteiger partial charge in [-0.25, -0.2) is 9.97 Å². The van der Waals surface area contributed by atoms with Crippen molar-refractivity contribution in [3.8, 4) is 0 Å². The Morgan fingerprint density at radius 2 is 2.00 bits per heavy atom. The van der Waals surface area contributed by atoms with Crippen molar-refractivity contribution in [3.63, 3.8) is 0 Å². The van der Waals surface area contributed by atoms with E-state index in [9.17, 15) is 4.79 Å². The molecule has 1 aliphatic rings. The van der Waals surface area contributed by atoms with Gasteiger partial charge in [-0.2, -0.15) is 0 Å². The van der Waals surface area contributed by atoms with Crippen LogP contribution in [0.2, 0.25) is 0 Å². The molecule has 1 N–H and O–H groups in total. The zero-order valence-electron chi connectivity index (χ0n) is 11.0. The molecular weight excluding hydrogens is 238 g/mol. The van der Waals surface area contributed by atoms with E-state index < -0.39 is 0 Å². The maximum Gasteiger partial charge on any atom is 0.257 e. The van der Waals surface area contributed by atoms with E-state index in [1.165, 1.54) is 0 Å². The Morgan fingerprint density at radius 1 is 1.21 bits per heavy atom. The summed E-state index contributed by atoms with van der Waals surface area (Å²) >= 11 is 0. The number of pyridine rings is 1. The van der Waals surface area contributed by atoms with Crippen LogP contribution in [-0.2, 0) is 0 Å². The molecule has 0 bridgehead atoms. The van der Waals surface area contributed by atoms with E-state index in [0.717, 1.165) is 29.4 Å². The lowest BCUT2D eigenvalue weighted by atomic mass is 9.93. The molecule has 0 aliphatic heterocycles. The van der Waals surface area contributed by atoms with Gasteiger partial charge in [-0.05, 0) is 43.9 Å². The van der Waals surface area contributed by atoms with Crippen molar-refractivity contribution in [2.24, 2.45) is 0 Å². The van der Waals surface area contributed by atoms with Crippen molar-refractivity contribution >= 4 is 16.6 Å². The molecule has 0 spiro atoms. The van der Waals surface area contributed by atoms with Gasteiger partial charge in [-0.1, -0.05) is 12.2 Å². The van der Waals surface area contributed by atoms with Crippen LogP contribution in [0.4, 0.5) is 0 Å². The minimum absolute atomic E-state index is 0.0912. The molecule has 0 atom stereocenters. The lowest BCUT2D eigenvalue weighted by Crippen LogP contribution is -2.14. The lowest BCUT2D eigenvalue weighted by molar-refractivity contribution is 1.02. The molecule has 0 saturated carbocycles. The van der Waals surface area contributed by atoms with Crippen LogP contribution in [0, 0.1) is 6.92 Å². The minimum Gasteiger partial charge on any atom is -0.306 e. The van der Waals surface area contributed by atoms with Crippen molar-refractivity contribution in [2.75, 3.05) is 0 Å². The third kappa shape index (κ3) is 2.10. The van der Waals surface area contributed by atoms with E-state index in [-0.39, 0.29) is 5.56 Å². The van der Waals surface area contributed by atoms with Crippen LogP contribution in [0.25, 0.3) is 16.6 Å². The van der Waals surface area contributed by atoms with Gasteiger partial charge in [0.1, 0.15) is 11.5 Å². The van der Waals surface area contributed by atoms with Gasteiger partial charge < -0.3 is 4.98 Å². The summed E-state index contributed by atoms with van der Waals surface area (Å²) in [4.78, 5) is 23.5. The van der Waals surface area contributed by atoms with Gasteiger partial charge in [-0.3, -0.25) is 4.79 Å². The summed E-state index contributed by atoms with van der Waals surface area (Å²) in [6.07, 6.45) is 8.07. The number of fused-ring (bicyclic) bond motifs is 1. The highest BCUT2D eigenvalue weighted by atomic mass is 16.1. The molecule has 0 saturated heterocycles. The van der Waals surface area contributed by atoms with Crippen LogP contribution in [-0.4, -0.2) is 15.0 Å².